The predicted octanol–water partition coefficient (Wildman–Crippen LogP) is 4.03. The van der Waals surface area contributed by atoms with Crippen LogP contribution in [0.2, 0.25) is 0 Å². The van der Waals surface area contributed by atoms with E-state index in [9.17, 15) is 81.5 Å². The van der Waals surface area contributed by atoms with Crippen LogP contribution in [0.25, 0.3) is 22.5 Å². The fraction of sp³-hybridized carbons (Fsp3) is 0.411. The molecule has 522 valence electrons. The number of carbonyl (C=O) groups excluding carboxylic acids is 6. The summed E-state index contributed by atoms with van der Waals surface area (Å²) in [7, 11) is 1.34. The summed E-state index contributed by atoms with van der Waals surface area (Å²) in [6, 6.07) is 14.2. The number of aliphatic carboxylic acids is 4. The van der Waals surface area contributed by atoms with Crippen LogP contribution < -0.4 is 47.9 Å². The van der Waals surface area contributed by atoms with E-state index < -0.39 is 108 Å². The molecule has 14 N–H and O–H groups in total. The summed E-state index contributed by atoms with van der Waals surface area (Å²) >= 11 is 0. The zero-order chi connectivity index (χ0) is 73.3. The van der Waals surface area contributed by atoms with Crippen molar-refractivity contribution in [3.05, 3.63) is 94.8 Å². The number of carbonyl (C=O) groups is 10. The highest BCUT2D eigenvalue weighted by molar-refractivity contribution is 6.43. The fourth-order valence-electron chi connectivity index (χ4n) is 7.42. The van der Waals surface area contributed by atoms with Crippen molar-refractivity contribution in [1.82, 2.24) is 36.1 Å². The van der Waals surface area contributed by atoms with E-state index in [1.54, 1.807) is 43.3 Å². The molecular formula is C56H63F12N11O16. The van der Waals surface area contributed by atoms with Gasteiger partial charge in [0, 0.05) is 49.4 Å². The Morgan fingerprint density at radius 2 is 1.17 bits per heavy atom. The Kier molecular flexibility index (Phi) is 31.6. The van der Waals surface area contributed by atoms with Crippen LogP contribution in [0.4, 0.5) is 52.7 Å². The summed E-state index contributed by atoms with van der Waals surface area (Å²) in [6.07, 6.45) is -19.2. The van der Waals surface area contributed by atoms with Crippen molar-refractivity contribution in [1.29, 1.82) is 5.26 Å². The van der Waals surface area contributed by atoms with Gasteiger partial charge in [0.15, 0.2) is 5.82 Å². The van der Waals surface area contributed by atoms with Crippen LogP contribution in [0, 0.1) is 18.3 Å². The van der Waals surface area contributed by atoms with Crippen LogP contribution in [0.3, 0.4) is 0 Å². The number of ether oxygens (including phenoxy) is 2. The van der Waals surface area contributed by atoms with Crippen molar-refractivity contribution < 1.29 is 131 Å². The molecule has 27 nitrogen and oxygen atoms in total. The number of likely N-dealkylation sites (N-methyl/N-ethyl adjacent to an activating group) is 1. The minimum atomic E-state index is -5.08. The fourth-order valence-corrected chi connectivity index (χ4v) is 7.42. The number of hydrogen-bond donors (Lipinski definition) is 11. The number of rotatable bonds is 16. The molecule has 0 spiro atoms. The van der Waals surface area contributed by atoms with E-state index >= 15 is 0 Å². The number of aromatic nitrogens is 2. The van der Waals surface area contributed by atoms with Gasteiger partial charge in [-0.2, -0.15) is 57.9 Å². The molecule has 0 aliphatic carbocycles. The molecule has 5 amide bonds. The third-order valence-corrected chi connectivity index (χ3v) is 12.0. The Bertz CT molecular complexity index is 3320. The zero-order valence-electron chi connectivity index (χ0n) is 50.6. The highest BCUT2D eigenvalue weighted by Gasteiger charge is 2.41. The average Bonchev–Trinajstić information content (AvgIpc) is 0.785. The lowest BCUT2D eigenvalue weighted by atomic mass is 9.86. The molecule has 5 rings (SSSR count). The number of nitrogens with zero attached hydrogens (tertiary/aromatic N) is 4. The lowest BCUT2D eigenvalue weighted by Gasteiger charge is -2.32. The normalized spacial score (nSPS) is 15.0. The molecule has 0 saturated heterocycles. The largest absolute Gasteiger partial charge is 0.492 e. The van der Waals surface area contributed by atoms with Gasteiger partial charge in [0.1, 0.15) is 55.4 Å². The highest BCUT2D eigenvalue weighted by Crippen LogP contribution is 2.40. The van der Waals surface area contributed by atoms with Gasteiger partial charge in [-0.05, 0) is 73.2 Å². The van der Waals surface area contributed by atoms with Crippen LogP contribution in [0.5, 0.6) is 11.5 Å². The summed E-state index contributed by atoms with van der Waals surface area (Å²) in [5.41, 5.74) is 21.2. The molecule has 3 aromatic carbocycles. The molecule has 4 atom stereocenters. The van der Waals surface area contributed by atoms with Gasteiger partial charge in [0.25, 0.3) is 11.7 Å². The number of carboxylic acid groups (broad SMARTS) is 4. The van der Waals surface area contributed by atoms with Crippen molar-refractivity contribution in [3.8, 4) is 40.1 Å². The number of halogens is 12. The molecule has 2 heterocycles. The van der Waals surface area contributed by atoms with Gasteiger partial charge in [-0.25, -0.2) is 29.1 Å². The summed E-state index contributed by atoms with van der Waals surface area (Å²) in [6.45, 7) is 9.45. The lowest BCUT2D eigenvalue weighted by molar-refractivity contribution is -0.193. The number of fused-ring (bicyclic) bond motifs is 5. The topological polar surface area (TPSA) is 449 Å². The number of Topliss-reactive ketones (excluding diaryl/α,β-unsaturated/α-hetero) is 1. The average molecular weight is 1370 g/mol. The van der Waals surface area contributed by atoms with Gasteiger partial charge in [-0.3, -0.25) is 28.8 Å². The molecule has 0 fully saturated rings. The van der Waals surface area contributed by atoms with Crippen molar-refractivity contribution >= 4 is 59.2 Å². The second-order valence-corrected chi connectivity index (χ2v) is 20.2. The molecule has 1 aromatic heterocycles. The second kappa shape index (κ2) is 36.3. The van der Waals surface area contributed by atoms with Crippen LogP contribution in [-0.2, 0) is 55.0 Å². The van der Waals surface area contributed by atoms with Gasteiger partial charge >= 0.3 is 48.6 Å². The number of amides is 5. The van der Waals surface area contributed by atoms with Crippen LogP contribution in [0.15, 0.2) is 66.9 Å². The number of nitrogens with one attached hydrogen (secondary N) is 4. The Morgan fingerprint density at radius 3 is 1.59 bits per heavy atom. The van der Waals surface area contributed by atoms with Gasteiger partial charge < -0.3 is 73.3 Å². The Balaban J connectivity index is 0.00000133. The molecule has 0 saturated carbocycles. The molecule has 4 bridgehead atoms. The van der Waals surface area contributed by atoms with Crippen LogP contribution in [0.1, 0.15) is 72.9 Å². The van der Waals surface area contributed by atoms with Gasteiger partial charge in [0.05, 0.1) is 17.3 Å². The zero-order valence-corrected chi connectivity index (χ0v) is 50.6. The van der Waals surface area contributed by atoms with Crippen molar-refractivity contribution in [2.45, 2.75) is 102 Å². The van der Waals surface area contributed by atoms with E-state index in [1.807, 2.05) is 30.3 Å². The molecule has 0 unspecified atom stereocenters. The standard InChI is InChI=1S/C48H59N11O8.4C2HF3O2/c1-27-35(26-54-42(55-27)30-8-11-32(12-9-30)48(3,4)5)41(60)46(64)57-36(15-16-49)47(65)59(6)40-31-10-14-39(67-22-19-52)34(25-31)33-23-29(7-13-38(33)66-21-18-51)24-37(44(62)53-20-17-50)58-43(61)28(2)56-45(40)63;4*3-2(4,5)1(6)7/h7-14,23,25-26,28,36-37,40H,15-16,18-22,24,49,51-52H2,1-6H3,(H,53,62)(H,56,63)(H,57,64)(H,58,61);4*(H,6,7)/t28-,36-,37-,40-;;;;/m0..../s1. The maximum Gasteiger partial charge on any atom is 0.490 e. The third kappa shape index (κ3) is 27.1. The molecular weight excluding hydrogens is 1310 g/mol. The number of aryl methyl sites for hydroxylation is 1. The Labute approximate surface area is 530 Å². The first-order valence-corrected chi connectivity index (χ1v) is 26.8. The molecule has 95 heavy (non-hydrogen) atoms. The smallest absolute Gasteiger partial charge is 0.490 e. The Hall–Kier alpha value is -10.2. The van der Waals surface area contributed by atoms with E-state index in [-0.39, 0.29) is 74.5 Å². The number of benzene rings is 3. The van der Waals surface area contributed by atoms with E-state index in [1.165, 1.54) is 20.2 Å². The Morgan fingerprint density at radius 1 is 0.705 bits per heavy atom. The lowest BCUT2D eigenvalue weighted by Crippen LogP contribution is -2.56. The maximum absolute atomic E-state index is 14.6. The molecule has 1 aliphatic heterocycles. The van der Waals surface area contributed by atoms with E-state index in [0.717, 1.165) is 16.0 Å². The number of hydrogen-bond acceptors (Lipinski definition) is 18. The molecule has 1 aliphatic rings. The summed E-state index contributed by atoms with van der Waals surface area (Å²) < 4.78 is 139. The van der Waals surface area contributed by atoms with Crippen LogP contribution >= 0.6 is 0 Å². The second-order valence-electron chi connectivity index (χ2n) is 20.2. The molecule has 4 aromatic rings. The first-order chi connectivity index (χ1) is 43.7. The molecule has 39 heteroatoms. The summed E-state index contributed by atoms with van der Waals surface area (Å²) in [4.78, 5) is 129. The van der Waals surface area contributed by atoms with E-state index in [4.69, 9.17) is 71.5 Å². The number of carboxylic acids is 4. The maximum atomic E-state index is 14.6. The van der Waals surface area contributed by atoms with Crippen molar-refractivity contribution in [2.24, 2.45) is 17.2 Å². The quantitative estimate of drug-likeness (QED) is 0.0326. The monoisotopic (exact) mass is 1370 g/mol. The predicted molar refractivity (Wildman–Crippen MR) is 304 cm³/mol. The van der Waals surface area contributed by atoms with Crippen LogP contribution in [-0.4, -0.2) is 184 Å². The van der Waals surface area contributed by atoms with Gasteiger partial charge in [0.2, 0.25) is 23.6 Å². The minimum absolute atomic E-state index is 0.0206. The van der Waals surface area contributed by atoms with E-state index in [2.05, 4.69) is 52.0 Å². The number of ketones is 1. The number of alkyl halides is 12. The third-order valence-electron chi connectivity index (χ3n) is 12.0. The van der Waals surface area contributed by atoms with Crippen molar-refractivity contribution in [3.63, 3.8) is 0 Å². The van der Waals surface area contributed by atoms with Crippen molar-refractivity contribution in [2.75, 3.05) is 46.4 Å². The minimum Gasteiger partial charge on any atom is -0.492 e. The van der Waals surface area contributed by atoms with Gasteiger partial charge in [-0.1, -0.05) is 57.2 Å². The SMILES string of the molecule is Cc1nc(-c2ccc(C(C)(C)C)cc2)ncc1C(=O)C(=O)N[C@@H](CCN)C(=O)N(C)[C@@H]1C(=O)N[C@@H](C)C(=O)N[C@H](C(=O)NCC#N)Cc2ccc(OCCN)c(c2)-c2cc1ccc2OCCN.O=C(O)C(F)(F)F.O=C(O)C(F)(F)F.O=C(O)C(F)(F)F.O=C(O)C(F)(F)F. The highest BCUT2D eigenvalue weighted by atomic mass is 19.4. The summed E-state index contributed by atoms with van der Waals surface area (Å²) in [5.74, 6) is -15.1. The number of nitriles is 1. The first kappa shape index (κ1) is 82.8. The summed E-state index contributed by atoms with van der Waals surface area (Å²) in [5, 5.41) is 48.0. The first-order valence-electron chi connectivity index (χ1n) is 26.8. The number of nitrogens with two attached hydrogens (primary N) is 3. The van der Waals surface area contributed by atoms with Gasteiger partial charge in [-0.15, -0.1) is 0 Å². The van der Waals surface area contributed by atoms with E-state index in [0.29, 0.717) is 34.0 Å². The molecule has 0 radical (unpaired) electrons.